The summed E-state index contributed by atoms with van der Waals surface area (Å²) in [6.45, 7) is 0. The second-order valence-electron chi connectivity index (χ2n) is 3.74. The summed E-state index contributed by atoms with van der Waals surface area (Å²) in [5.41, 5.74) is 1.19. The van der Waals surface area contributed by atoms with Crippen molar-refractivity contribution in [1.82, 2.24) is 0 Å². The predicted octanol–water partition coefficient (Wildman–Crippen LogP) is 3.63. The zero-order valence-electron chi connectivity index (χ0n) is 10.3. The van der Waals surface area contributed by atoms with E-state index in [0.717, 1.165) is 0 Å². The van der Waals surface area contributed by atoms with E-state index in [1.165, 1.54) is 19.2 Å². The van der Waals surface area contributed by atoms with Gasteiger partial charge in [-0.2, -0.15) is 5.11 Å². The molecule has 2 rings (SSSR count). The molecule has 0 aliphatic carbocycles. The van der Waals surface area contributed by atoms with Crippen LogP contribution in [0.3, 0.4) is 0 Å². The first-order valence-electron chi connectivity index (χ1n) is 5.57. The number of rotatable bonds is 4. The van der Waals surface area contributed by atoms with Crippen LogP contribution in [0.5, 0.6) is 11.5 Å². The van der Waals surface area contributed by atoms with E-state index in [-0.39, 0.29) is 17.2 Å². The quantitative estimate of drug-likeness (QED) is 0.670. The van der Waals surface area contributed by atoms with Gasteiger partial charge in [-0.3, -0.25) is 4.79 Å². The molecule has 0 aromatic heterocycles. The van der Waals surface area contributed by atoms with Crippen molar-refractivity contribution in [3.8, 4) is 11.5 Å². The Morgan fingerprint density at radius 2 is 1.89 bits per heavy atom. The summed E-state index contributed by atoms with van der Waals surface area (Å²) in [6, 6.07) is 12.0. The van der Waals surface area contributed by atoms with Crippen LogP contribution in [0.4, 0.5) is 11.4 Å². The highest BCUT2D eigenvalue weighted by molar-refractivity contribution is 5.80. The van der Waals surface area contributed by atoms with Gasteiger partial charge in [0.15, 0.2) is 11.5 Å². The summed E-state index contributed by atoms with van der Waals surface area (Å²) in [5, 5.41) is 17.8. The molecule has 0 radical (unpaired) electrons. The first kappa shape index (κ1) is 12.8. The molecule has 0 unspecified atom stereocenters. The van der Waals surface area contributed by atoms with Gasteiger partial charge in [0.05, 0.1) is 12.8 Å². The highest BCUT2D eigenvalue weighted by atomic mass is 16.5. The number of hydrogen-bond donors (Lipinski definition) is 1. The maximum atomic E-state index is 10.8. The number of benzene rings is 2. The van der Waals surface area contributed by atoms with Gasteiger partial charge < -0.3 is 9.84 Å². The summed E-state index contributed by atoms with van der Waals surface area (Å²) in [6.07, 6.45) is 0.656. The van der Waals surface area contributed by atoms with Gasteiger partial charge in [-0.1, -0.05) is 18.2 Å². The molecule has 5 nitrogen and oxygen atoms in total. The third-order valence-electron chi connectivity index (χ3n) is 2.46. The summed E-state index contributed by atoms with van der Waals surface area (Å²) in [5.74, 6) is 0.0411. The van der Waals surface area contributed by atoms with Crippen molar-refractivity contribution < 1.29 is 14.6 Å². The molecule has 0 saturated heterocycles. The Bertz CT molecular complexity index is 610. The lowest BCUT2D eigenvalue weighted by Crippen LogP contribution is -1.87. The summed E-state index contributed by atoms with van der Waals surface area (Å²) in [7, 11) is 1.40. The molecule has 2 aromatic carbocycles. The van der Waals surface area contributed by atoms with Crippen molar-refractivity contribution >= 4 is 17.7 Å². The molecule has 19 heavy (non-hydrogen) atoms. The van der Waals surface area contributed by atoms with E-state index in [2.05, 4.69) is 10.2 Å². The van der Waals surface area contributed by atoms with Gasteiger partial charge >= 0.3 is 0 Å². The summed E-state index contributed by atoms with van der Waals surface area (Å²) >= 11 is 0. The average Bonchev–Trinajstić information content (AvgIpc) is 2.47. The molecule has 0 amide bonds. The van der Waals surface area contributed by atoms with Gasteiger partial charge in [-0.25, -0.2) is 0 Å². The fourth-order valence-electron chi connectivity index (χ4n) is 1.52. The van der Waals surface area contributed by atoms with Crippen molar-refractivity contribution in [2.75, 3.05) is 7.11 Å². The first-order chi connectivity index (χ1) is 9.24. The molecule has 0 saturated carbocycles. The van der Waals surface area contributed by atoms with Crippen molar-refractivity contribution in [2.24, 2.45) is 10.2 Å². The zero-order chi connectivity index (χ0) is 13.7. The maximum absolute atomic E-state index is 10.8. The minimum Gasteiger partial charge on any atom is -0.503 e. The lowest BCUT2D eigenvalue weighted by Gasteiger charge is -2.05. The number of methoxy groups -OCH3 is 1. The number of phenolic OH excluding ortho intramolecular Hbond substituents is 1. The highest BCUT2D eigenvalue weighted by Crippen LogP contribution is 2.37. The van der Waals surface area contributed by atoms with Gasteiger partial charge in [0, 0.05) is 5.56 Å². The number of phenols is 1. The SMILES string of the molecule is COc1cc(C=O)cc(N=Nc2ccccc2)c1O. The smallest absolute Gasteiger partial charge is 0.185 e. The van der Waals surface area contributed by atoms with Crippen LogP contribution in [0.1, 0.15) is 10.4 Å². The van der Waals surface area contributed by atoms with Crippen molar-refractivity contribution in [2.45, 2.75) is 0 Å². The number of carbonyl (C=O) groups is 1. The number of azo groups is 1. The van der Waals surface area contributed by atoms with E-state index < -0.39 is 0 Å². The Labute approximate surface area is 110 Å². The molecule has 1 N–H and O–H groups in total. The Morgan fingerprint density at radius 1 is 1.16 bits per heavy atom. The number of nitrogens with zero attached hydrogens (tertiary/aromatic N) is 2. The van der Waals surface area contributed by atoms with E-state index in [4.69, 9.17) is 4.74 Å². The topological polar surface area (TPSA) is 71.2 Å². The zero-order valence-corrected chi connectivity index (χ0v) is 10.3. The molecular formula is C14H12N2O3. The average molecular weight is 256 g/mol. The van der Waals surface area contributed by atoms with Crippen molar-refractivity contribution in [1.29, 1.82) is 0 Å². The molecule has 0 fully saturated rings. The van der Waals surface area contributed by atoms with E-state index in [9.17, 15) is 9.90 Å². The second-order valence-corrected chi connectivity index (χ2v) is 3.74. The van der Waals surface area contributed by atoms with Crippen molar-refractivity contribution in [3.05, 3.63) is 48.0 Å². The Kier molecular flexibility index (Phi) is 3.87. The number of aldehydes is 1. The molecule has 0 heterocycles. The Morgan fingerprint density at radius 3 is 2.53 bits per heavy atom. The Balaban J connectivity index is 2.39. The van der Waals surface area contributed by atoms with E-state index in [1.807, 2.05) is 18.2 Å². The van der Waals surface area contributed by atoms with Crippen LogP contribution in [0, 0.1) is 0 Å². The Hall–Kier alpha value is -2.69. The van der Waals surface area contributed by atoms with Gasteiger partial charge in [0.1, 0.15) is 12.0 Å². The molecule has 96 valence electrons. The third kappa shape index (κ3) is 2.95. The number of ether oxygens (including phenoxy) is 1. The van der Waals surface area contributed by atoms with Gasteiger partial charge in [-0.05, 0) is 24.3 Å². The molecule has 0 aliphatic rings. The van der Waals surface area contributed by atoms with E-state index >= 15 is 0 Å². The predicted molar refractivity (Wildman–Crippen MR) is 70.7 cm³/mol. The van der Waals surface area contributed by atoms with E-state index in [1.54, 1.807) is 12.1 Å². The minimum absolute atomic E-state index is 0.146. The van der Waals surface area contributed by atoms with Crippen molar-refractivity contribution in [3.63, 3.8) is 0 Å². The molecule has 0 atom stereocenters. The molecular weight excluding hydrogens is 244 g/mol. The molecule has 2 aromatic rings. The fraction of sp³-hybridized carbons (Fsp3) is 0.0714. The van der Waals surface area contributed by atoms with Gasteiger partial charge in [-0.15, -0.1) is 5.11 Å². The molecule has 0 spiro atoms. The van der Waals surface area contributed by atoms with Crippen LogP contribution in [0.15, 0.2) is 52.7 Å². The van der Waals surface area contributed by atoms with Gasteiger partial charge in [0.25, 0.3) is 0 Å². The first-order valence-corrected chi connectivity index (χ1v) is 5.57. The van der Waals surface area contributed by atoms with Crippen LogP contribution < -0.4 is 4.74 Å². The summed E-state index contributed by atoms with van der Waals surface area (Å²) < 4.78 is 4.97. The van der Waals surface area contributed by atoms with Crippen LogP contribution in [0.25, 0.3) is 0 Å². The minimum atomic E-state index is -0.146. The van der Waals surface area contributed by atoms with Crippen LogP contribution in [0.2, 0.25) is 0 Å². The highest BCUT2D eigenvalue weighted by Gasteiger charge is 2.10. The number of hydrogen-bond acceptors (Lipinski definition) is 5. The molecule has 0 bridgehead atoms. The molecule has 5 heteroatoms. The lowest BCUT2D eigenvalue weighted by molar-refractivity contribution is 0.112. The normalized spacial score (nSPS) is 10.6. The third-order valence-corrected chi connectivity index (χ3v) is 2.46. The van der Waals surface area contributed by atoms with Crippen LogP contribution in [-0.2, 0) is 0 Å². The summed E-state index contributed by atoms with van der Waals surface area (Å²) in [4.78, 5) is 10.8. The second kappa shape index (κ2) is 5.77. The standard InChI is InChI=1S/C14H12N2O3/c1-19-13-8-10(9-17)7-12(14(13)18)16-15-11-5-3-2-4-6-11/h2-9,18H,1H3. The van der Waals surface area contributed by atoms with Crippen LogP contribution >= 0.6 is 0 Å². The molecule has 0 aliphatic heterocycles. The van der Waals surface area contributed by atoms with Crippen LogP contribution in [-0.4, -0.2) is 18.5 Å². The monoisotopic (exact) mass is 256 g/mol. The lowest BCUT2D eigenvalue weighted by atomic mass is 10.2. The fourth-order valence-corrected chi connectivity index (χ4v) is 1.52. The van der Waals surface area contributed by atoms with Gasteiger partial charge in [0.2, 0.25) is 0 Å². The number of aromatic hydroxyl groups is 1. The van der Waals surface area contributed by atoms with E-state index in [0.29, 0.717) is 17.5 Å². The number of carbonyl (C=O) groups excluding carboxylic acids is 1. The largest absolute Gasteiger partial charge is 0.503 e. The maximum Gasteiger partial charge on any atom is 0.185 e.